The number of rotatable bonds is 6. The van der Waals surface area contributed by atoms with Crippen molar-refractivity contribution >= 4 is 22.2 Å². The third-order valence-electron chi connectivity index (χ3n) is 4.01. The van der Waals surface area contributed by atoms with Gasteiger partial charge < -0.3 is 9.47 Å². The van der Waals surface area contributed by atoms with Gasteiger partial charge in [0.1, 0.15) is 18.1 Å². The molecular formula is C20H19BrN2O3. The van der Waals surface area contributed by atoms with Crippen molar-refractivity contribution in [1.29, 1.82) is 0 Å². The highest BCUT2D eigenvalue weighted by atomic mass is 79.9. The highest BCUT2D eigenvalue weighted by Gasteiger charge is 2.17. The Morgan fingerprint density at radius 3 is 2.58 bits per heavy atom. The Morgan fingerprint density at radius 1 is 1.15 bits per heavy atom. The van der Waals surface area contributed by atoms with Crippen LogP contribution in [0.1, 0.15) is 27.2 Å². The molecule has 0 bridgehead atoms. The van der Waals surface area contributed by atoms with Gasteiger partial charge in [-0.05, 0) is 47.0 Å². The van der Waals surface area contributed by atoms with Gasteiger partial charge in [0, 0.05) is 13.1 Å². The SMILES string of the molecule is Cc1cc(Br)c(OCc2ccccc2)cc1Oc1c(C=O)c(C)nn1C. The van der Waals surface area contributed by atoms with E-state index in [1.165, 1.54) is 0 Å². The maximum atomic E-state index is 11.4. The summed E-state index contributed by atoms with van der Waals surface area (Å²) in [6, 6.07) is 13.7. The Hall–Kier alpha value is -2.60. The molecule has 1 heterocycles. The van der Waals surface area contributed by atoms with Crippen LogP contribution in [-0.2, 0) is 13.7 Å². The summed E-state index contributed by atoms with van der Waals surface area (Å²) in [6.07, 6.45) is 0.763. The molecule has 0 saturated carbocycles. The highest BCUT2D eigenvalue weighted by molar-refractivity contribution is 9.10. The Kier molecular flexibility index (Phi) is 5.42. The molecule has 0 radical (unpaired) electrons. The van der Waals surface area contributed by atoms with Crippen LogP contribution >= 0.6 is 15.9 Å². The van der Waals surface area contributed by atoms with Crippen molar-refractivity contribution in [2.24, 2.45) is 7.05 Å². The molecule has 0 atom stereocenters. The number of nitrogens with zero attached hydrogens (tertiary/aromatic N) is 2. The van der Waals surface area contributed by atoms with E-state index in [4.69, 9.17) is 9.47 Å². The van der Waals surface area contributed by atoms with E-state index in [1.807, 2.05) is 49.4 Å². The van der Waals surface area contributed by atoms with E-state index in [0.29, 0.717) is 35.2 Å². The third kappa shape index (κ3) is 3.80. The molecule has 0 unspecified atom stereocenters. The van der Waals surface area contributed by atoms with E-state index >= 15 is 0 Å². The van der Waals surface area contributed by atoms with Gasteiger partial charge in [-0.2, -0.15) is 5.10 Å². The minimum absolute atomic E-state index is 0.414. The molecule has 3 rings (SSSR count). The van der Waals surface area contributed by atoms with Crippen LogP contribution in [0, 0.1) is 13.8 Å². The van der Waals surface area contributed by atoms with Gasteiger partial charge in [-0.3, -0.25) is 4.79 Å². The second kappa shape index (κ2) is 7.74. The van der Waals surface area contributed by atoms with Crippen LogP contribution in [0.2, 0.25) is 0 Å². The highest BCUT2D eigenvalue weighted by Crippen LogP contribution is 2.36. The van der Waals surface area contributed by atoms with Gasteiger partial charge in [0.05, 0.1) is 15.7 Å². The molecule has 5 nitrogen and oxygen atoms in total. The Morgan fingerprint density at radius 2 is 1.88 bits per heavy atom. The minimum atomic E-state index is 0.414. The standard InChI is InChI=1S/C20H19BrN2O3/c1-13-9-17(21)19(25-12-15-7-5-4-6-8-15)10-18(13)26-20-16(11-24)14(2)22-23(20)3/h4-11H,12H2,1-3H3. The molecular weight excluding hydrogens is 396 g/mol. The summed E-state index contributed by atoms with van der Waals surface area (Å²) in [6.45, 7) is 4.16. The molecule has 0 aliphatic carbocycles. The number of benzene rings is 2. The van der Waals surface area contributed by atoms with Crippen molar-refractivity contribution in [3.8, 4) is 17.4 Å². The van der Waals surface area contributed by atoms with Crippen LogP contribution in [0.25, 0.3) is 0 Å². The van der Waals surface area contributed by atoms with Crippen LogP contribution in [0.3, 0.4) is 0 Å². The van der Waals surface area contributed by atoms with Crippen LogP contribution in [0.4, 0.5) is 0 Å². The normalized spacial score (nSPS) is 10.6. The van der Waals surface area contributed by atoms with E-state index < -0.39 is 0 Å². The first-order valence-electron chi connectivity index (χ1n) is 8.13. The first-order chi connectivity index (χ1) is 12.5. The lowest BCUT2D eigenvalue weighted by atomic mass is 10.2. The summed E-state index contributed by atoms with van der Waals surface area (Å²) in [5.74, 6) is 1.69. The molecule has 0 saturated heterocycles. The van der Waals surface area contributed by atoms with Crippen molar-refractivity contribution in [2.75, 3.05) is 0 Å². The largest absolute Gasteiger partial charge is 0.488 e. The minimum Gasteiger partial charge on any atom is -0.488 e. The van der Waals surface area contributed by atoms with Crippen LogP contribution in [0.15, 0.2) is 46.9 Å². The van der Waals surface area contributed by atoms with Gasteiger partial charge in [-0.1, -0.05) is 30.3 Å². The lowest BCUT2D eigenvalue weighted by Crippen LogP contribution is -2.00. The van der Waals surface area contributed by atoms with E-state index in [1.54, 1.807) is 18.7 Å². The molecule has 6 heteroatoms. The van der Waals surface area contributed by atoms with Gasteiger partial charge in [0.2, 0.25) is 5.88 Å². The molecule has 0 amide bonds. The molecule has 0 spiro atoms. The van der Waals surface area contributed by atoms with Crippen LogP contribution < -0.4 is 9.47 Å². The number of aromatic nitrogens is 2. The molecule has 1 aromatic heterocycles. The first kappa shape index (κ1) is 18.2. The number of aldehydes is 1. The van der Waals surface area contributed by atoms with Crippen LogP contribution in [-0.4, -0.2) is 16.1 Å². The third-order valence-corrected chi connectivity index (χ3v) is 4.62. The maximum Gasteiger partial charge on any atom is 0.228 e. The van der Waals surface area contributed by atoms with E-state index in [9.17, 15) is 4.79 Å². The molecule has 134 valence electrons. The lowest BCUT2D eigenvalue weighted by Gasteiger charge is -2.14. The smallest absolute Gasteiger partial charge is 0.228 e. The summed E-state index contributed by atoms with van der Waals surface area (Å²) >= 11 is 3.53. The number of carbonyl (C=O) groups excluding carboxylic acids is 1. The quantitative estimate of drug-likeness (QED) is 0.533. The summed E-state index contributed by atoms with van der Waals surface area (Å²) in [5, 5.41) is 4.24. The van der Waals surface area contributed by atoms with Gasteiger partial charge in [0.15, 0.2) is 6.29 Å². The van der Waals surface area contributed by atoms with Gasteiger partial charge >= 0.3 is 0 Å². The van der Waals surface area contributed by atoms with Gasteiger partial charge in [0.25, 0.3) is 0 Å². The molecule has 3 aromatic rings. The zero-order valence-corrected chi connectivity index (χ0v) is 16.4. The average Bonchev–Trinajstić information content (AvgIpc) is 2.89. The van der Waals surface area contributed by atoms with Gasteiger partial charge in [-0.15, -0.1) is 0 Å². The topological polar surface area (TPSA) is 53.4 Å². The summed E-state index contributed by atoms with van der Waals surface area (Å²) in [4.78, 5) is 11.4. The summed E-state index contributed by atoms with van der Waals surface area (Å²) in [7, 11) is 1.75. The Bertz CT molecular complexity index is 936. The summed E-state index contributed by atoms with van der Waals surface area (Å²) < 4.78 is 14.3. The van der Waals surface area contributed by atoms with E-state index in [2.05, 4.69) is 21.0 Å². The second-order valence-electron chi connectivity index (χ2n) is 5.97. The number of carbonyl (C=O) groups is 1. The second-order valence-corrected chi connectivity index (χ2v) is 6.82. The molecule has 26 heavy (non-hydrogen) atoms. The predicted octanol–water partition coefficient (Wildman–Crippen LogP) is 4.98. The van der Waals surface area contributed by atoms with Crippen LogP contribution in [0.5, 0.6) is 17.4 Å². The Balaban J connectivity index is 1.87. The van der Waals surface area contributed by atoms with Crippen molar-refractivity contribution < 1.29 is 14.3 Å². The fraction of sp³-hybridized carbons (Fsp3) is 0.200. The first-order valence-corrected chi connectivity index (χ1v) is 8.92. The zero-order chi connectivity index (χ0) is 18.7. The van der Waals surface area contributed by atoms with E-state index in [-0.39, 0.29) is 0 Å². The monoisotopic (exact) mass is 414 g/mol. The molecule has 2 aromatic carbocycles. The fourth-order valence-corrected chi connectivity index (χ4v) is 3.18. The molecule has 0 N–H and O–H groups in total. The van der Waals surface area contributed by atoms with Crippen molar-refractivity contribution in [2.45, 2.75) is 20.5 Å². The predicted molar refractivity (Wildman–Crippen MR) is 103 cm³/mol. The van der Waals surface area contributed by atoms with Crippen molar-refractivity contribution in [3.05, 3.63) is 69.3 Å². The number of aryl methyl sites for hydroxylation is 3. The van der Waals surface area contributed by atoms with Crippen molar-refractivity contribution in [3.63, 3.8) is 0 Å². The Labute approximate surface area is 160 Å². The zero-order valence-electron chi connectivity index (χ0n) is 14.8. The molecule has 0 fully saturated rings. The number of halogens is 1. The molecule has 0 aliphatic heterocycles. The fourth-order valence-electron chi connectivity index (χ4n) is 2.60. The van der Waals surface area contributed by atoms with Crippen molar-refractivity contribution in [1.82, 2.24) is 9.78 Å². The van der Waals surface area contributed by atoms with Gasteiger partial charge in [-0.25, -0.2) is 4.68 Å². The van der Waals surface area contributed by atoms with E-state index in [0.717, 1.165) is 21.9 Å². The molecule has 0 aliphatic rings. The maximum absolute atomic E-state index is 11.4. The lowest BCUT2D eigenvalue weighted by molar-refractivity contribution is 0.112. The number of ether oxygens (including phenoxy) is 2. The number of hydrogen-bond acceptors (Lipinski definition) is 4. The number of hydrogen-bond donors (Lipinski definition) is 0. The average molecular weight is 415 g/mol. The summed E-state index contributed by atoms with van der Waals surface area (Å²) in [5.41, 5.74) is 3.07.